The molecule has 1 saturated heterocycles. The molecule has 0 unspecified atom stereocenters. The molecule has 1 aliphatic heterocycles. The fourth-order valence-electron chi connectivity index (χ4n) is 2.26. The van der Waals surface area contributed by atoms with Crippen molar-refractivity contribution in [2.45, 2.75) is 13.5 Å². The number of amides is 1. The van der Waals surface area contributed by atoms with Crippen LogP contribution in [0.3, 0.4) is 0 Å². The van der Waals surface area contributed by atoms with Crippen LogP contribution in [-0.2, 0) is 11.3 Å². The van der Waals surface area contributed by atoms with Gasteiger partial charge in [-0.3, -0.25) is 9.69 Å². The number of thiocarbonyl (C=S) groups is 1. The van der Waals surface area contributed by atoms with Gasteiger partial charge < -0.3 is 4.42 Å². The Balaban J connectivity index is 1.77. The number of hydrogen-bond acceptors (Lipinski definition) is 4. The van der Waals surface area contributed by atoms with Gasteiger partial charge in [0.2, 0.25) is 0 Å². The van der Waals surface area contributed by atoms with Gasteiger partial charge in [-0.2, -0.15) is 0 Å². The number of thioether (sulfide) groups is 1. The van der Waals surface area contributed by atoms with Crippen LogP contribution in [0.4, 0.5) is 0 Å². The Morgan fingerprint density at radius 3 is 2.74 bits per heavy atom. The molecule has 116 valence electrons. The van der Waals surface area contributed by atoms with E-state index in [-0.39, 0.29) is 5.91 Å². The Kier molecular flexibility index (Phi) is 4.79. The molecule has 0 bridgehead atoms. The maximum absolute atomic E-state index is 12.5. The number of carbonyl (C=O) groups excluding carboxylic acids is 1. The van der Waals surface area contributed by atoms with Gasteiger partial charge in [-0.25, -0.2) is 0 Å². The predicted octanol–water partition coefficient (Wildman–Crippen LogP) is 4.63. The van der Waals surface area contributed by atoms with E-state index in [1.807, 2.05) is 55.5 Å². The van der Waals surface area contributed by atoms with Crippen LogP contribution in [0.1, 0.15) is 18.2 Å². The highest BCUT2D eigenvalue weighted by molar-refractivity contribution is 8.26. The standard InChI is InChI=1S/C18H15NO2S2/c1-13(10-14-6-3-2-4-7-14)11-16-17(20)19(18(22)23-16)12-15-8-5-9-21-15/h2-11H,12H2,1H3/b13-10?,16-11-. The van der Waals surface area contributed by atoms with Gasteiger partial charge in [0, 0.05) is 0 Å². The largest absolute Gasteiger partial charge is 0.467 e. The van der Waals surface area contributed by atoms with E-state index in [2.05, 4.69) is 0 Å². The van der Waals surface area contributed by atoms with Crippen LogP contribution in [0, 0.1) is 0 Å². The number of hydrogen-bond donors (Lipinski definition) is 0. The van der Waals surface area contributed by atoms with Crippen LogP contribution >= 0.6 is 24.0 Å². The fraction of sp³-hybridized carbons (Fsp3) is 0.111. The van der Waals surface area contributed by atoms with Crippen molar-refractivity contribution in [1.29, 1.82) is 0 Å². The third-order valence-corrected chi connectivity index (χ3v) is 4.70. The van der Waals surface area contributed by atoms with Crippen molar-refractivity contribution < 1.29 is 9.21 Å². The molecular formula is C18H15NO2S2. The van der Waals surface area contributed by atoms with Crippen molar-refractivity contribution in [3.05, 3.63) is 76.6 Å². The molecule has 2 aromatic rings. The molecule has 0 N–H and O–H groups in total. The van der Waals surface area contributed by atoms with Crippen LogP contribution in [0.2, 0.25) is 0 Å². The van der Waals surface area contributed by atoms with E-state index in [1.165, 1.54) is 11.8 Å². The molecular weight excluding hydrogens is 326 g/mol. The summed E-state index contributed by atoms with van der Waals surface area (Å²) in [6, 6.07) is 13.6. The number of nitrogens with zero attached hydrogens (tertiary/aromatic N) is 1. The molecule has 0 atom stereocenters. The normalized spacial score (nSPS) is 17.3. The molecule has 0 aliphatic carbocycles. The summed E-state index contributed by atoms with van der Waals surface area (Å²) in [5.41, 5.74) is 2.11. The summed E-state index contributed by atoms with van der Waals surface area (Å²) in [6.45, 7) is 2.35. The van der Waals surface area contributed by atoms with Crippen molar-refractivity contribution in [2.75, 3.05) is 0 Å². The molecule has 0 spiro atoms. The van der Waals surface area contributed by atoms with Crippen LogP contribution in [0.5, 0.6) is 0 Å². The Hall–Kier alpha value is -2.11. The van der Waals surface area contributed by atoms with Crippen molar-refractivity contribution in [2.24, 2.45) is 0 Å². The smallest absolute Gasteiger partial charge is 0.266 e. The molecule has 5 heteroatoms. The molecule has 1 aromatic heterocycles. The zero-order chi connectivity index (χ0) is 16.2. The molecule has 0 saturated carbocycles. The molecule has 3 nitrogen and oxygen atoms in total. The second kappa shape index (κ2) is 6.98. The van der Waals surface area contributed by atoms with E-state index < -0.39 is 0 Å². The summed E-state index contributed by atoms with van der Waals surface area (Å²) in [5, 5.41) is 0. The zero-order valence-corrected chi connectivity index (χ0v) is 14.2. The zero-order valence-electron chi connectivity index (χ0n) is 12.6. The highest BCUT2D eigenvalue weighted by Gasteiger charge is 2.32. The second-order valence-corrected chi connectivity index (χ2v) is 6.82. The molecule has 1 aliphatic rings. The summed E-state index contributed by atoms with van der Waals surface area (Å²) in [5.74, 6) is 0.649. The van der Waals surface area contributed by atoms with Gasteiger partial charge in [0.1, 0.15) is 10.1 Å². The lowest BCUT2D eigenvalue weighted by molar-refractivity contribution is -0.122. The van der Waals surface area contributed by atoms with Crippen molar-refractivity contribution in [3.8, 4) is 0 Å². The van der Waals surface area contributed by atoms with Crippen LogP contribution in [0.15, 0.2) is 69.7 Å². The Labute approximate surface area is 144 Å². The third-order valence-electron chi connectivity index (χ3n) is 3.32. The minimum atomic E-state index is -0.0720. The molecule has 2 heterocycles. The fourth-order valence-corrected chi connectivity index (χ4v) is 3.56. The number of rotatable bonds is 4. The van der Waals surface area contributed by atoms with Gasteiger partial charge in [0.05, 0.1) is 17.7 Å². The Bertz CT molecular complexity index is 777. The highest BCUT2D eigenvalue weighted by Crippen LogP contribution is 2.33. The second-order valence-electron chi connectivity index (χ2n) is 5.15. The predicted molar refractivity (Wildman–Crippen MR) is 97.6 cm³/mol. The monoisotopic (exact) mass is 341 g/mol. The lowest BCUT2D eigenvalue weighted by atomic mass is 10.1. The van der Waals surface area contributed by atoms with Crippen molar-refractivity contribution in [3.63, 3.8) is 0 Å². The molecule has 1 aromatic carbocycles. The average molecular weight is 341 g/mol. The number of carbonyl (C=O) groups is 1. The maximum Gasteiger partial charge on any atom is 0.266 e. The van der Waals surface area contributed by atoms with E-state index in [9.17, 15) is 4.79 Å². The van der Waals surface area contributed by atoms with Crippen molar-refractivity contribution in [1.82, 2.24) is 4.90 Å². The quantitative estimate of drug-likeness (QED) is 0.600. The first-order valence-electron chi connectivity index (χ1n) is 7.14. The number of benzene rings is 1. The summed E-state index contributed by atoms with van der Waals surface area (Å²) < 4.78 is 5.85. The van der Waals surface area contributed by atoms with Gasteiger partial charge in [-0.1, -0.05) is 60.4 Å². The van der Waals surface area contributed by atoms with Gasteiger partial charge in [0.15, 0.2) is 0 Å². The van der Waals surface area contributed by atoms with Gasteiger partial charge in [-0.15, -0.1) is 0 Å². The summed E-state index contributed by atoms with van der Waals surface area (Å²) in [4.78, 5) is 14.7. The summed E-state index contributed by atoms with van der Waals surface area (Å²) in [7, 11) is 0. The van der Waals surface area contributed by atoms with E-state index in [1.54, 1.807) is 17.2 Å². The molecule has 1 amide bonds. The number of allylic oxidation sites excluding steroid dienone is 2. The molecule has 3 rings (SSSR count). The molecule has 1 fully saturated rings. The minimum absolute atomic E-state index is 0.0720. The SMILES string of the molecule is CC(=Cc1ccccc1)/C=C1\SC(=S)N(Cc2ccco2)C1=O. The van der Waals surface area contributed by atoms with Gasteiger partial charge in [-0.05, 0) is 36.3 Å². The third kappa shape index (κ3) is 3.81. The molecule has 23 heavy (non-hydrogen) atoms. The number of furan rings is 1. The average Bonchev–Trinajstić information content (AvgIpc) is 3.13. The minimum Gasteiger partial charge on any atom is -0.467 e. The summed E-state index contributed by atoms with van der Waals surface area (Å²) in [6.07, 6.45) is 5.52. The van der Waals surface area contributed by atoms with E-state index in [4.69, 9.17) is 16.6 Å². The molecule has 0 radical (unpaired) electrons. The van der Waals surface area contributed by atoms with E-state index in [0.29, 0.717) is 15.8 Å². The lowest BCUT2D eigenvalue weighted by Crippen LogP contribution is -2.27. The van der Waals surface area contributed by atoms with Gasteiger partial charge in [0.25, 0.3) is 5.91 Å². The summed E-state index contributed by atoms with van der Waals surface area (Å²) >= 11 is 6.65. The first-order chi connectivity index (χ1) is 11.1. The lowest BCUT2D eigenvalue weighted by Gasteiger charge is -2.11. The first-order valence-corrected chi connectivity index (χ1v) is 8.37. The Morgan fingerprint density at radius 2 is 2.04 bits per heavy atom. The van der Waals surface area contributed by atoms with Crippen LogP contribution in [-0.4, -0.2) is 15.1 Å². The first kappa shape index (κ1) is 15.8. The maximum atomic E-state index is 12.5. The topological polar surface area (TPSA) is 33.5 Å². The van der Waals surface area contributed by atoms with Crippen LogP contribution in [0.25, 0.3) is 6.08 Å². The Morgan fingerprint density at radius 1 is 1.26 bits per heavy atom. The van der Waals surface area contributed by atoms with Gasteiger partial charge >= 0.3 is 0 Å². The van der Waals surface area contributed by atoms with Crippen molar-refractivity contribution >= 4 is 40.3 Å². The van der Waals surface area contributed by atoms with E-state index in [0.717, 1.165) is 16.9 Å². The highest BCUT2D eigenvalue weighted by atomic mass is 32.2. The van der Waals surface area contributed by atoms with Crippen LogP contribution < -0.4 is 0 Å². The van der Waals surface area contributed by atoms with E-state index >= 15 is 0 Å².